The van der Waals surface area contributed by atoms with E-state index in [9.17, 15) is 4.79 Å². The Bertz CT molecular complexity index is 465. The zero-order valence-electron chi connectivity index (χ0n) is 11.8. The van der Waals surface area contributed by atoms with Crippen LogP contribution >= 0.6 is 11.8 Å². The maximum atomic E-state index is 11.7. The minimum atomic E-state index is -0.444. The number of nitrogens with zero attached hydrogens (tertiary/aromatic N) is 3. The van der Waals surface area contributed by atoms with Crippen molar-refractivity contribution in [1.82, 2.24) is 9.80 Å². The number of hydrogen-bond acceptors (Lipinski definition) is 6. The van der Waals surface area contributed by atoms with Crippen LogP contribution in [-0.4, -0.2) is 60.8 Å². The summed E-state index contributed by atoms with van der Waals surface area (Å²) in [5.74, 6) is 2.86. The summed E-state index contributed by atoms with van der Waals surface area (Å²) in [7, 11) is 3.27. The molecule has 1 amide bonds. The van der Waals surface area contributed by atoms with Crippen molar-refractivity contribution < 1.29 is 9.53 Å². The van der Waals surface area contributed by atoms with Crippen molar-refractivity contribution in [2.45, 2.75) is 6.42 Å². The Morgan fingerprint density at radius 1 is 1.50 bits per heavy atom. The third-order valence-electron chi connectivity index (χ3n) is 3.00. The number of aliphatic imine (C=N–C) groups is 1. The molecule has 0 saturated carbocycles. The maximum Gasteiger partial charge on any atom is 0.414 e. The first kappa shape index (κ1) is 14.8. The molecule has 0 atom stereocenters. The van der Waals surface area contributed by atoms with Crippen molar-refractivity contribution in [1.29, 1.82) is 0 Å². The van der Waals surface area contributed by atoms with E-state index in [1.807, 2.05) is 18.0 Å². The number of thioether (sulfide) groups is 1. The quantitative estimate of drug-likeness (QED) is 0.829. The highest BCUT2D eigenvalue weighted by Crippen LogP contribution is 2.23. The van der Waals surface area contributed by atoms with Crippen LogP contribution in [0.25, 0.3) is 0 Å². The fourth-order valence-electron chi connectivity index (χ4n) is 1.89. The molecule has 0 unspecified atom stereocenters. The first-order valence-electron chi connectivity index (χ1n) is 6.52. The van der Waals surface area contributed by atoms with Gasteiger partial charge in [0.05, 0.1) is 0 Å². The van der Waals surface area contributed by atoms with Crippen LogP contribution in [0.5, 0.6) is 0 Å². The number of amides is 1. The molecular weight excluding hydrogens is 276 g/mol. The van der Waals surface area contributed by atoms with Crippen molar-refractivity contribution >= 4 is 24.1 Å². The molecule has 0 aromatic carbocycles. The standard InChI is InChI=1S/C13H20N4O2S/c1-16(2)13(18)19-11-10(3-4-15-12(11)14)9-17-5-7-20-8-6-17/h4,9H,3,5-8,14H2,1-2H3. The maximum absolute atomic E-state index is 11.7. The van der Waals surface area contributed by atoms with E-state index in [1.54, 1.807) is 20.3 Å². The minimum Gasteiger partial charge on any atom is -0.406 e. The molecule has 2 N–H and O–H groups in total. The molecule has 0 aromatic rings. The van der Waals surface area contributed by atoms with Crippen molar-refractivity contribution in [3.8, 4) is 0 Å². The van der Waals surface area contributed by atoms with Crippen molar-refractivity contribution in [2.24, 2.45) is 10.7 Å². The minimum absolute atomic E-state index is 0.254. The number of rotatable bonds is 2. The van der Waals surface area contributed by atoms with Crippen LogP contribution in [0.15, 0.2) is 28.3 Å². The number of nitrogens with two attached hydrogens (primary N) is 1. The van der Waals surface area contributed by atoms with E-state index < -0.39 is 6.09 Å². The molecule has 6 nitrogen and oxygen atoms in total. The molecule has 110 valence electrons. The molecule has 0 radical (unpaired) electrons. The molecular formula is C13H20N4O2S. The van der Waals surface area contributed by atoms with E-state index in [-0.39, 0.29) is 5.82 Å². The second-order valence-electron chi connectivity index (χ2n) is 4.80. The van der Waals surface area contributed by atoms with Crippen LogP contribution in [-0.2, 0) is 4.74 Å². The summed E-state index contributed by atoms with van der Waals surface area (Å²) < 4.78 is 5.35. The van der Waals surface area contributed by atoms with Crippen LogP contribution in [0.3, 0.4) is 0 Å². The Kier molecular flexibility index (Phi) is 4.94. The zero-order chi connectivity index (χ0) is 14.5. The molecule has 2 aliphatic rings. The summed E-state index contributed by atoms with van der Waals surface area (Å²) in [4.78, 5) is 19.4. The molecule has 1 saturated heterocycles. The van der Waals surface area contributed by atoms with Gasteiger partial charge < -0.3 is 20.3 Å². The predicted molar refractivity (Wildman–Crippen MR) is 81.5 cm³/mol. The van der Waals surface area contributed by atoms with E-state index in [0.717, 1.165) is 30.2 Å². The Morgan fingerprint density at radius 2 is 2.20 bits per heavy atom. The van der Waals surface area contributed by atoms with Gasteiger partial charge in [0.1, 0.15) is 0 Å². The topological polar surface area (TPSA) is 71.2 Å². The molecule has 2 aliphatic heterocycles. The molecule has 7 heteroatoms. The molecule has 2 heterocycles. The molecule has 0 spiro atoms. The smallest absolute Gasteiger partial charge is 0.406 e. The van der Waals surface area contributed by atoms with E-state index in [4.69, 9.17) is 10.5 Å². The van der Waals surface area contributed by atoms with E-state index >= 15 is 0 Å². The second-order valence-corrected chi connectivity index (χ2v) is 6.02. The summed E-state index contributed by atoms with van der Waals surface area (Å²) in [6.07, 6.45) is 3.96. The predicted octanol–water partition coefficient (Wildman–Crippen LogP) is 1.22. The first-order chi connectivity index (χ1) is 9.58. The van der Waals surface area contributed by atoms with Gasteiger partial charge in [-0.2, -0.15) is 11.8 Å². The molecule has 20 heavy (non-hydrogen) atoms. The average Bonchev–Trinajstić information content (AvgIpc) is 2.43. The van der Waals surface area contributed by atoms with Crippen LogP contribution < -0.4 is 5.73 Å². The highest BCUT2D eigenvalue weighted by molar-refractivity contribution is 7.99. The van der Waals surface area contributed by atoms with Gasteiger partial charge in [-0.15, -0.1) is 0 Å². The van der Waals surface area contributed by atoms with E-state index in [1.165, 1.54) is 4.90 Å². The lowest BCUT2D eigenvalue weighted by Crippen LogP contribution is -2.29. The summed E-state index contributed by atoms with van der Waals surface area (Å²) in [6.45, 7) is 2.00. The lowest BCUT2D eigenvalue weighted by molar-refractivity contribution is 0.147. The SMILES string of the molecule is CN(C)C(=O)OC1=C(N)N=CCC1=CN1CCSCC1. The largest absolute Gasteiger partial charge is 0.414 e. The fourth-order valence-corrected chi connectivity index (χ4v) is 2.82. The van der Waals surface area contributed by atoms with Gasteiger partial charge in [0.25, 0.3) is 0 Å². The van der Waals surface area contributed by atoms with E-state index in [0.29, 0.717) is 12.2 Å². The summed E-state index contributed by atoms with van der Waals surface area (Å²) in [5.41, 5.74) is 6.75. The highest BCUT2D eigenvalue weighted by atomic mass is 32.2. The first-order valence-corrected chi connectivity index (χ1v) is 7.67. The Balaban J connectivity index is 2.16. The number of allylic oxidation sites excluding steroid dienone is 1. The average molecular weight is 296 g/mol. The van der Waals surface area contributed by atoms with Gasteiger partial charge in [-0.1, -0.05) is 0 Å². The Morgan fingerprint density at radius 3 is 2.85 bits per heavy atom. The number of carbonyl (C=O) groups is 1. The second kappa shape index (κ2) is 6.69. The Hall–Kier alpha value is -1.63. The number of carbonyl (C=O) groups excluding carboxylic acids is 1. The third-order valence-corrected chi connectivity index (χ3v) is 3.95. The van der Waals surface area contributed by atoms with Gasteiger partial charge in [0.15, 0.2) is 11.6 Å². The van der Waals surface area contributed by atoms with Crippen molar-refractivity contribution in [3.63, 3.8) is 0 Å². The molecule has 0 bridgehead atoms. The van der Waals surface area contributed by atoms with Crippen LogP contribution in [0.2, 0.25) is 0 Å². The van der Waals surface area contributed by atoms with Crippen LogP contribution in [0.4, 0.5) is 4.79 Å². The molecule has 1 fully saturated rings. The highest BCUT2D eigenvalue weighted by Gasteiger charge is 2.20. The van der Waals surface area contributed by atoms with Crippen LogP contribution in [0.1, 0.15) is 6.42 Å². The van der Waals surface area contributed by atoms with Gasteiger partial charge in [-0.3, -0.25) is 0 Å². The molecule has 0 aliphatic carbocycles. The molecule has 0 aromatic heterocycles. The third kappa shape index (κ3) is 3.69. The van der Waals surface area contributed by atoms with Gasteiger partial charge in [0, 0.05) is 63.1 Å². The lowest BCUT2D eigenvalue weighted by Gasteiger charge is -2.27. The van der Waals surface area contributed by atoms with Crippen LogP contribution in [0, 0.1) is 0 Å². The fraction of sp³-hybridized carbons (Fsp3) is 0.538. The number of hydrogen-bond donors (Lipinski definition) is 1. The monoisotopic (exact) mass is 296 g/mol. The van der Waals surface area contributed by atoms with Gasteiger partial charge in [-0.05, 0) is 0 Å². The van der Waals surface area contributed by atoms with Gasteiger partial charge in [-0.25, -0.2) is 9.79 Å². The normalized spacial score (nSPS) is 21.3. The van der Waals surface area contributed by atoms with Gasteiger partial charge in [0.2, 0.25) is 0 Å². The van der Waals surface area contributed by atoms with Gasteiger partial charge >= 0.3 is 6.09 Å². The van der Waals surface area contributed by atoms with Crippen molar-refractivity contribution in [2.75, 3.05) is 38.7 Å². The Labute approximate surface area is 123 Å². The summed E-state index contributed by atoms with van der Waals surface area (Å²) >= 11 is 1.95. The lowest BCUT2D eigenvalue weighted by atomic mass is 10.1. The van der Waals surface area contributed by atoms with Crippen molar-refractivity contribution in [3.05, 3.63) is 23.4 Å². The van der Waals surface area contributed by atoms with E-state index in [2.05, 4.69) is 9.89 Å². The summed E-state index contributed by atoms with van der Waals surface area (Å²) in [6, 6.07) is 0. The molecule has 2 rings (SSSR count). The summed E-state index contributed by atoms with van der Waals surface area (Å²) in [5, 5.41) is 0. The number of ether oxygens (including phenoxy) is 1. The zero-order valence-corrected chi connectivity index (χ0v) is 12.7.